The molecule has 4 rings (SSSR count). The van der Waals surface area contributed by atoms with Gasteiger partial charge >= 0.3 is 0 Å². The molecule has 1 saturated heterocycles. The number of nitrogens with zero attached hydrogens (tertiary/aromatic N) is 4. The molecule has 0 aliphatic carbocycles. The number of nitrogens with one attached hydrogen (secondary N) is 1. The predicted octanol–water partition coefficient (Wildman–Crippen LogP) is 4.41. The summed E-state index contributed by atoms with van der Waals surface area (Å²) in [6, 6.07) is 6.96. The molecule has 2 aromatic heterocycles. The van der Waals surface area contributed by atoms with E-state index in [1.165, 1.54) is 24.2 Å². The van der Waals surface area contributed by atoms with E-state index in [2.05, 4.69) is 34.3 Å². The first-order valence-corrected chi connectivity index (χ1v) is 11.5. The molecule has 170 valence electrons. The van der Waals surface area contributed by atoms with Crippen molar-refractivity contribution in [3.05, 3.63) is 54.0 Å². The van der Waals surface area contributed by atoms with Crippen LogP contribution in [0.15, 0.2) is 46.2 Å². The highest BCUT2D eigenvalue weighted by atomic mass is 32.2. The summed E-state index contributed by atoms with van der Waals surface area (Å²) in [6.07, 6.45) is 2.79. The zero-order chi connectivity index (χ0) is 22.7. The molecule has 0 saturated carbocycles. The number of aromatic nitrogens is 3. The van der Waals surface area contributed by atoms with Crippen LogP contribution >= 0.6 is 11.8 Å². The van der Waals surface area contributed by atoms with Crippen LogP contribution in [0.4, 0.5) is 20.4 Å². The Morgan fingerprint density at radius 2 is 1.97 bits per heavy atom. The van der Waals surface area contributed by atoms with Crippen LogP contribution in [0, 0.1) is 23.5 Å². The average molecular weight is 462 g/mol. The number of benzene rings is 1. The van der Waals surface area contributed by atoms with E-state index in [9.17, 15) is 13.6 Å². The van der Waals surface area contributed by atoms with Gasteiger partial charge in [-0.1, -0.05) is 25.6 Å². The third-order valence-corrected chi connectivity index (χ3v) is 6.25. The Balaban J connectivity index is 1.49. The fourth-order valence-electron chi connectivity index (χ4n) is 4.05. The lowest BCUT2D eigenvalue weighted by Gasteiger charge is -2.35. The Hall–Kier alpha value is -2.88. The topological polar surface area (TPSA) is 76.2 Å². The summed E-state index contributed by atoms with van der Waals surface area (Å²) in [6.45, 7) is 6.69. The molecule has 0 radical (unpaired) electrons. The second-order valence-corrected chi connectivity index (χ2v) is 9.21. The molecule has 1 fully saturated rings. The molecule has 3 aromatic rings. The third kappa shape index (κ3) is 5.29. The molecule has 7 nitrogen and oxygen atoms in total. The smallest absolute Gasteiger partial charge is 0.234 e. The maximum absolute atomic E-state index is 13.4. The fourth-order valence-corrected chi connectivity index (χ4v) is 4.78. The summed E-state index contributed by atoms with van der Waals surface area (Å²) in [4.78, 5) is 14.6. The molecule has 1 amide bonds. The quantitative estimate of drug-likeness (QED) is 0.526. The fraction of sp³-hybridized carbons (Fsp3) is 0.409. The van der Waals surface area contributed by atoms with Gasteiger partial charge in [-0.3, -0.25) is 9.36 Å². The van der Waals surface area contributed by atoms with Crippen molar-refractivity contribution >= 4 is 29.3 Å². The van der Waals surface area contributed by atoms with Crippen molar-refractivity contribution in [1.29, 1.82) is 0 Å². The van der Waals surface area contributed by atoms with E-state index >= 15 is 0 Å². The normalized spacial score (nSPS) is 18.7. The van der Waals surface area contributed by atoms with Gasteiger partial charge in [-0.25, -0.2) is 8.78 Å². The molecule has 1 N–H and O–H groups in total. The van der Waals surface area contributed by atoms with Crippen LogP contribution < -0.4 is 10.2 Å². The van der Waals surface area contributed by atoms with E-state index in [0.29, 0.717) is 23.5 Å². The Bertz CT molecular complexity index is 1060. The van der Waals surface area contributed by atoms with Gasteiger partial charge in [-0.15, -0.1) is 10.2 Å². The first-order chi connectivity index (χ1) is 15.4. The number of halogens is 2. The number of hydrogen-bond acceptors (Lipinski definition) is 6. The Morgan fingerprint density at radius 3 is 2.66 bits per heavy atom. The third-order valence-electron chi connectivity index (χ3n) is 5.28. The summed E-state index contributed by atoms with van der Waals surface area (Å²) in [7, 11) is 0. The lowest BCUT2D eigenvalue weighted by atomic mass is 9.92. The molecule has 0 bridgehead atoms. The number of piperidine rings is 1. The van der Waals surface area contributed by atoms with Gasteiger partial charge in [-0.05, 0) is 42.5 Å². The number of rotatable bonds is 7. The molecule has 1 aliphatic heterocycles. The van der Waals surface area contributed by atoms with Crippen LogP contribution in [0.2, 0.25) is 0 Å². The van der Waals surface area contributed by atoms with Gasteiger partial charge in [0.05, 0.1) is 18.6 Å². The second kappa shape index (κ2) is 9.72. The molecule has 0 spiro atoms. The minimum Gasteiger partial charge on any atom is -0.467 e. The van der Waals surface area contributed by atoms with Gasteiger partial charge in [0.15, 0.2) is 16.8 Å². The lowest BCUT2D eigenvalue weighted by Crippen LogP contribution is -2.40. The summed E-state index contributed by atoms with van der Waals surface area (Å²) < 4.78 is 33.9. The number of carbonyl (C=O) groups excluding carboxylic acids is 1. The van der Waals surface area contributed by atoms with E-state index < -0.39 is 11.6 Å². The first-order valence-electron chi connectivity index (χ1n) is 10.5. The van der Waals surface area contributed by atoms with E-state index in [4.69, 9.17) is 4.42 Å². The minimum absolute atomic E-state index is 0.0437. The number of thioether (sulfide) groups is 1. The number of furan rings is 1. The van der Waals surface area contributed by atoms with Crippen molar-refractivity contribution in [2.45, 2.75) is 32.0 Å². The standard InChI is InChI=1S/C22H25F2N5O2S/c1-14-8-15(2)11-28(10-14)21-26-27-22(29(21)12-17-4-3-7-31-17)32-13-20(30)25-16-5-6-18(23)19(24)9-16/h3-7,9,14-15H,8,10-13H2,1-2H3,(H,25,30). The van der Waals surface area contributed by atoms with Crippen LogP contribution in [-0.4, -0.2) is 39.5 Å². The largest absolute Gasteiger partial charge is 0.467 e. The summed E-state index contributed by atoms with van der Waals surface area (Å²) in [5.41, 5.74) is 0.198. The molecular weight excluding hydrogens is 436 g/mol. The minimum atomic E-state index is -1.01. The Kier molecular flexibility index (Phi) is 6.78. The number of amides is 1. The van der Waals surface area contributed by atoms with E-state index in [-0.39, 0.29) is 17.3 Å². The summed E-state index contributed by atoms with van der Waals surface area (Å²) >= 11 is 1.23. The molecular formula is C22H25F2N5O2S. The maximum atomic E-state index is 13.4. The summed E-state index contributed by atoms with van der Waals surface area (Å²) in [5.74, 6) is 0.328. The van der Waals surface area contributed by atoms with E-state index in [0.717, 1.165) is 36.9 Å². The molecule has 3 heterocycles. The van der Waals surface area contributed by atoms with Crippen molar-refractivity contribution < 1.29 is 18.0 Å². The molecule has 32 heavy (non-hydrogen) atoms. The average Bonchev–Trinajstić information content (AvgIpc) is 3.39. The van der Waals surface area contributed by atoms with Crippen LogP contribution in [0.25, 0.3) is 0 Å². The van der Waals surface area contributed by atoms with E-state index in [1.54, 1.807) is 6.26 Å². The highest BCUT2D eigenvalue weighted by Crippen LogP contribution is 2.29. The van der Waals surface area contributed by atoms with Gasteiger partial charge in [-0.2, -0.15) is 0 Å². The number of carbonyl (C=O) groups is 1. The monoisotopic (exact) mass is 461 g/mol. The SMILES string of the molecule is CC1CC(C)CN(c2nnc(SCC(=O)Nc3ccc(F)c(F)c3)n2Cc2ccco2)C1. The first kappa shape index (κ1) is 22.3. The number of anilines is 2. The zero-order valence-electron chi connectivity index (χ0n) is 17.9. The second-order valence-electron chi connectivity index (χ2n) is 8.26. The van der Waals surface area contributed by atoms with Crippen molar-refractivity contribution in [3.8, 4) is 0 Å². The van der Waals surface area contributed by atoms with Gasteiger partial charge in [0, 0.05) is 24.8 Å². The Morgan fingerprint density at radius 1 is 1.19 bits per heavy atom. The Labute approximate surface area is 189 Å². The molecule has 1 aromatic carbocycles. The number of hydrogen-bond donors (Lipinski definition) is 1. The molecule has 1 aliphatic rings. The zero-order valence-corrected chi connectivity index (χ0v) is 18.7. The van der Waals surface area contributed by atoms with Crippen LogP contribution in [-0.2, 0) is 11.3 Å². The van der Waals surface area contributed by atoms with Crippen LogP contribution in [0.3, 0.4) is 0 Å². The van der Waals surface area contributed by atoms with Crippen molar-refractivity contribution in [1.82, 2.24) is 14.8 Å². The van der Waals surface area contributed by atoms with Crippen molar-refractivity contribution in [3.63, 3.8) is 0 Å². The highest BCUT2D eigenvalue weighted by molar-refractivity contribution is 7.99. The van der Waals surface area contributed by atoms with E-state index in [1.807, 2.05) is 16.7 Å². The molecule has 10 heteroatoms. The van der Waals surface area contributed by atoms with Crippen LogP contribution in [0.1, 0.15) is 26.0 Å². The van der Waals surface area contributed by atoms with Gasteiger partial charge in [0.2, 0.25) is 11.9 Å². The maximum Gasteiger partial charge on any atom is 0.234 e. The predicted molar refractivity (Wildman–Crippen MR) is 119 cm³/mol. The molecule has 2 atom stereocenters. The highest BCUT2D eigenvalue weighted by Gasteiger charge is 2.27. The lowest BCUT2D eigenvalue weighted by molar-refractivity contribution is -0.113. The van der Waals surface area contributed by atoms with Crippen molar-refractivity contribution in [2.24, 2.45) is 11.8 Å². The molecule has 2 unspecified atom stereocenters. The van der Waals surface area contributed by atoms with Gasteiger partial charge in [0.25, 0.3) is 0 Å². The van der Waals surface area contributed by atoms with Gasteiger partial charge < -0.3 is 14.6 Å². The summed E-state index contributed by atoms with van der Waals surface area (Å²) in [5, 5.41) is 11.9. The van der Waals surface area contributed by atoms with Gasteiger partial charge in [0.1, 0.15) is 5.76 Å². The van der Waals surface area contributed by atoms with Crippen molar-refractivity contribution in [2.75, 3.05) is 29.1 Å². The van der Waals surface area contributed by atoms with Crippen LogP contribution in [0.5, 0.6) is 0 Å².